The Morgan fingerprint density at radius 2 is 1.83 bits per heavy atom. The minimum absolute atomic E-state index is 0.159. The van der Waals surface area contributed by atoms with E-state index in [1.54, 1.807) is 19.0 Å². The van der Waals surface area contributed by atoms with Crippen molar-refractivity contribution in [2.75, 3.05) is 20.6 Å². The van der Waals surface area contributed by atoms with Crippen molar-refractivity contribution in [3.8, 4) is 0 Å². The molecule has 0 aliphatic carbocycles. The van der Waals surface area contributed by atoms with Crippen LogP contribution in [0.3, 0.4) is 0 Å². The van der Waals surface area contributed by atoms with E-state index in [1.807, 2.05) is 0 Å². The lowest BCUT2D eigenvalue weighted by Crippen LogP contribution is -2.24. The van der Waals surface area contributed by atoms with Crippen LogP contribution in [0, 0.1) is 0 Å². The van der Waals surface area contributed by atoms with Gasteiger partial charge in [-0.3, -0.25) is 0 Å². The molecule has 0 saturated heterocycles. The molecule has 0 heterocycles. The third-order valence-corrected chi connectivity index (χ3v) is 1.38. The molecule has 0 aromatic carbocycles. The van der Waals surface area contributed by atoms with Crippen LogP contribution < -0.4 is 0 Å². The number of rotatable bonds is 4. The molecule has 0 bridgehead atoms. The molecule has 0 aromatic rings. The van der Waals surface area contributed by atoms with E-state index in [4.69, 9.17) is 5.11 Å². The second-order valence-corrected chi connectivity index (χ2v) is 3.07. The van der Waals surface area contributed by atoms with E-state index in [-0.39, 0.29) is 6.42 Å². The summed E-state index contributed by atoms with van der Waals surface area (Å²) in [5.41, 5.74) is 0. The van der Waals surface area contributed by atoms with Gasteiger partial charge in [0.15, 0.2) is 0 Å². The van der Waals surface area contributed by atoms with Gasteiger partial charge in [0.05, 0.1) is 12.5 Å². The molecule has 0 radical (unpaired) electrons. The maximum absolute atomic E-state index is 11.7. The zero-order chi connectivity index (χ0) is 9.78. The zero-order valence-electron chi connectivity index (χ0n) is 7.23. The van der Waals surface area contributed by atoms with Crippen molar-refractivity contribution in [1.82, 2.24) is 4.90 Å². The number of hydrogen-bond donors (Lipinski definition) is 1. The van der Waals surface area contributed by atoms with Crippen molar-refractivity contribution in [3.63, 3.8) is 0 Å². The minimum Gasteiger partial charge on any atom is -0.393 e. The van der Waals surface area contributed by atoms with Gasteiger partial charge >= 0.3 is 6.18 Å². The highest BCUT2D eigenvalue weighted by Crippen LogP contribution is 2.22. The summed E-state index contributed by atoms with van der Waals surface area (Å²) >= 11 is 0. The summed E-state index contributed by atoms with van der Waals surface area (Å²) in [4.78, 5) is 1.74. The lowest BCUT2D eigenvalue weighted by Gasteiger charge is -2.15. The standard InChI is InChI=1S/C7H14F3NO/c1-11(2)4-3-6(12)5-7(8,9)10/h6,12H,3-5H2,1-2H3. The Morgan fingerprint density at radius 1 is 1.33 bits per heavy atom. The Kier molecular flexibility index (Phi) is 4.55. The maximum Gasteiger partial charge on any atom is 0.391 e. The van der Waals surface area contributed by atoms with E-state index < -0.39 is 18.7 Å². The average molecular weight is 185 g/mol. The first-order valence-corrected chi connectivity index (χ1v) is 3.71. The van der Waals surface area contributed by atoms with Crippen molar-refractivity contribution in [2.24, 2.45) is 0 Å². The molecule has 0 aliphatic heterocycles. The van der Waals surface area contributed by atoms with Crippen LogP contribution in [-0.2, 0) is 0 Å². The Morgan fingerprint density at radius 3 is 2.17 bits per heavy atom. The predicted octanol–water partition coefficient (Wildman–Crippen LogP) is 1.25. The second-order valence-electron chi connectivity index (χ2n) is 3.07. The number of alkyl halides is 3. The maximum atomic E-state index is 11.7. The highest BCUT2D eigenvalue weighted by Gasteiger charge is 2.30. The van der Waals surface area contributed by atoms with Crippen LogP contribution in [-0.4, -0.2) is 42.9 Å². The smallest absolute Gasteiger partial charge is 0.391 e. The van der Waals surface area contributed by atoms with Crippen molar-refractivity contribution in [3.05, 3.63) is 0 Å². The third kappa shape index (κ3) is 7.81. The molecular weight excluding hydrogens is 171 g/mol. The van der Waals surface area contributed by atoms with E-state index in [0.29, 0.717) is 6.54 Å². The topological polar surface area (TPSA) is 23.5 Å². The summed E-state index contributed by atoms with van der Waals surface area (Å²) in [5, 5.41) is 8.89. The summed E-state index contributed by atoms with van der Waals surface area (Å²) in [7, 11) is 3.50. The summed E-state index contributed by atoms with van der Waals surface area (Å²) in [6, 6.07) is 0. The van der Waals surface area contributed by atoms with Gasteiger partial charge in [0.1, 0.15) is 0 Å². The van der Waals surface area contributed by atoms with Crippen LogP contribution in [0.2, 0.25) is 0 Å². The van der Waals surface area contributed by atoms with Crippen LogP contribution in [0.5, 0.6) is 0 Å². The summed E-state index contributed by atoms with van der Waals surface area (Å²) < 4.78 is 35.0. The number of halogens is 3. The summed E-state index contributed by atoms with van der Waals surface area (Å²) in [6.07, 6.45) is -6.48. The molecule has 0 aromatic heterocycles. The van der Waals surface area contributed by atoms with Gasteiger partial charge in [0.25, 0.3) is 0 Å². The molecule has 12 heavy (non-hydrogen) atoms. The molecule has 5 heteroatoms. The number of aliphatic hydroxyl groups excluding tert-OH is 1. The van der Waals surface area contributed by atoms with Gasteiger partial charge in [-0.25, -0.2) is 0 Å². The molecule has 74 valence electrons. The van der Waals surface area contributed by atoms with E-state index >= 15 is 0 Å². The fourth-order valence-electron chi connectivity index (χ4n) is 0.776. The largest absolute Gasteiger partial charge is 0.393 e. The van der Waals surface area contributed by atoms with Gasteiger partial charge in [-0.1, -0.05) is 0 Å². The average Bonchev–Trinajstić information content (AvgIpc) is 1.79. The van der Waals surface area contributed by atoms with Gasteiger partial charge in [-0.05, 0) is 27.1 Å². The fourth-order valence-corrected chi connectivity index (χ4v) is 0.776. The van der Waals surface area contributed by atoms with Gasteiger partial charge < -0.3 is 10.0 Å². The molecule has 0 amide bonds. The van der Waals surface area contributed by atoms with Gasteiger partial charge in [0.2, 0.25) is 0 Å². The van der Waals surface area contributed by atoms with E-state index in [1.165, 1.54) is 0 Å². The highest BCUT2D eigenvalue weighted by atomic mass is 19.4. The predicted molar refractivity (Wildman–Crippen MR) is 39.8 cm³/mol. The third-order valence-electron chi connectivity index (χ3n) is 1.38. The quantitative estimate of drug-likeness (QED) is 0.712. The lowest BCUT2D eigenvalue weighted by molar-refractivity contribution is -0.154. The van der Waals surface area contributed by atoms with Crippen LogP contribution in [0.1, 0.15) is 12.8 Å². The molecule has 0 spiro atoms. The Balaban J connectivity index is 3.53. The minimum atomic E-state index is -4.26. The molecule has 0 rings (SSSR count). The van der Waals surface area contributed by atoms with Crippen molar-refractivity contribution >= 4 is 0 Å². The number of aliphatic hydroxyl groups is 1. The molecule has 2 nitrogen and oxygen atoms in total. The van der Waals surface area contributed by atoms with Gasteiger partial charge in [-0.2, -0.15) is 13.2 Å². The fraction of sp³-hybridized carbons (Fsp3) is 1.00. The van der Waals surface area contributed by atoms with Crippen molar-refractivity contribution in [2.45, 2.75) is 25.1 Å². The van der Waals surface area contributed by atoms with E-state index in [2.05, 4.69) is 0 Å². The summed E-state index contributed by atoms with van der Waals surface area (Å²) in [5.74, 6) is 0. The Hall–Kier alpha value is -0.290. The van der Waals surface area contributed by atoms with Crippen molar-refractivity contribution in [1.29, 1.82) is 0 Å². The Labute approximate surface area is 70.0 Å². The zero-order valence-corrected chi connectivity index (χ0v) is 7.23. The van der Waals surface area contributed by atoms with Gasteiger partial charge in [-0.15, -0.1) is 0 Å². The molecule has 0 saturated carbocycles. The molecule has 1 N–H and O–H groups in total. The molecule has 0 fully saturated rings. The normalized spacial score (nSPS) is 15.2. The summed E-state index contributed by atoms with van der Waals surface area (Å²) in [6.45, 7) is 0.469. The number of hydrogen-bond acceptors (Lipinski definition) is 2. The lowest BCUT2D eigenvalue weighted by atomic mass is 10.2. The number of nitrogens with zero attached hydrogens (tertiary/aromatic N) is 1. The van der Waals surface area contributed by atoms with Crippen molar-refractivity contribution < 1.29 is 18.3 Å². The van der Waals surface area contributed by atoms with Gasteiger partial charge in [0, 0.05) is 0 Å². The van der Waals surface area contributed by atoms with Crippen LogP contribution >= 0.6 is 0 Å². The SMILES string of the molecule is CN(C)CCC(O)CC(F)(F)F. The molecular formula is C7H14F3NO. The van der Waals surface area contributed by atoms with E-state index in [9.17, 15) is 13.2 Å². The van der Waals surface area contributed by atoms with E-state index in [0.717, 1.165) is 0 Å². The van der Waals surface area contributed by atoms with Crippen LogP contribution in [0.25, 0.3) is 0 Å². The molecule has 0 aliphatic rings. The molecule has 1 unspecified atom stereocenters. The first-order valence-electron chi connectivity index (χ1n) is 3.71. The first-order chi connectivity index (χ1) is 5.31. The Bertz CT molecular complexity index is 124. The van der Waals surface area contributed by atoms with Crippen LogP contribution in [0.4, 0.5) is 13.2 Å². The molecule has 1 atom stereocenters. The second kappa shape index (κ2) is 4.67. The highest BCUT2D eigenvalue weighted by molar-refractivity contribution is 4.62. The van der Waals surface area contributed by atoms with Crippen LogP contribution in [0.15, 0.2) is 0 Å². The monoisotopic (exact) mass is 185 g/mol. The first kappa shape index (κ1) is 11.7.